The van der Waals surface area contributed by atoms with Crippen LogP contribution in [0.2, 0.25) is 0 Å². The predicted octanol–water partition coefficient (Wildman–Crippen LogP) is 1.27. The molecule has 1 aromatic heterocycles. The normalized spacial score (nSPS) is 18.4. The molecule has 4 nitrogen and oxygen atoms in total. The van der Waals surface area contributed by atoms with Gasteiger partial charge in [0.25, 0.3) is 5.56 Å². The fourth-order valence-electron chi connectivity index (χ4n) is 1.57. The van der Waals surface area contributed by atoms with Gasteiger partial charge in [0.1, 0.15) is 5.82 Å². The lowest BCUT2D eigenvalue weighted by Crippen LogP contribution is -2.21. The molecular formula is C9H11IN2O2. The zero-order valence-corrected chi connectivity index (χ0v) is 9.78. The molecule has 0 bridgehead atoms. The third-order valence-electron chi connectivity index (χ3n) is 2.38. The van der Waals surface area contributed by atoms with Crippen LogP contribution < -0.4 is 5.56 Å². The highest BCUT2D eigenvalue weighted by atomic mass is 127. The molecule has 5 heteroatoms. The van der Waals surface area contributed by atoms with Crippen LogP contribution in [0, 0.1) is 3.57 Å². The van der Waals surface area contributed by atoms with Gasteiger partial charge >= 0.3 is 0 Å². The van der Waals surface area contributed by atoms with Gasteiger partial charge in [0.15, 0.2) is 0 Å². The molecule has 1 fully saturated rings. The van der Waals surface area contributed by atoms with Crippen molar-refractivity contribution in [2.24, 2.45) is 0 Å². The minimum absolute atomic E-state index is 0.0397. The molecule has 2 rings (SSSR count). The SMILES string of the molecule is O=c1[nH]c(C2CCOCC2)ncc1I. The van der Waals surface area contributed by atoms with Crippen molar-refractivity contribution in [2.45, 2.75) is 18.8 Å². The molecule has 1 saturated heterocycles. The van der Waals surface area contributed by atoms with E-state index in [2.05, 4.69) is 9.97 Å². The van der Waals surface area contributed by atoms with Crippen molar-refractivity contribution in [3.8, 4) is 0 Å². The number of ether oxygens (including phenoxy) is 1. The van der Waals surface area contributed by atoms with E-state index in [4.69, 9.17) is 4.74 Å². The molecule has 1 aliphatic rings. The Morgan fingerprint density at radius 3 is 2.86 bits per heavy atom. The smallest absolute Gasteiger partial charge is 0.264 e. The van der Waals surface area contributed by atoms with Gasteiger partial charge in [0.05, 0.1) is 3.57 Å². The Labute approximate surface area is 95.2 Å². The Balaban J connectivity index is 2.23. The maximum absolute atomic E-state index is 11.3. The number of aromatic amines is 1. The van der Waals surface area contributed by atoms with Gasteiger partial charge in [0.2, 0.25) is 0 Å². The summed E-state index contributed by atoms with van der Waals surface area (Å²) < 4.78 is 5.89. The molecule has 1 N–H and O–H groups in total. The summed E-state index contributed by atoms with van der Waals surface area (Å²) in [5.41, 5.74) is -0.0397. The van der Waals surface area contributed by atoms with E-state index >= 15 is 0 Å². The lowest BCUT2D eigenvalue weighted by Gasteiger charge is -2.20. The fourth-order valence-corrected chi connectivity index (χ4v) is 1.85. The molecule has 0 atom stereocenters. The first-order valence-electron chi connectivity index (χ1n) is 4.60. The second kappa shape index (κ2) is 4.39. The Morgan fingerprint density at radius 2 is 2.21 bits per heavy atom. The van der Waals surface area contributed by atoms with Gasteiger partial charge in [-0.15, -0.1) is 0 Å². The molecule has 1 aromatic rings. The molecule has 0 aliphatic carbocycles. The topological polar surface area (TPSA) is 55.0 Å². The number of aromatic nitrogens is 2. The Kier molecular flexibility index (Phi) is 3.17. The van der Waals surface area contributed by atoms with Crippen LogP contribution in [0.3, 0.4) is 0 Å². The van der Waals surface area contributed by atoms with E-state index < -0.39 is 0 Å². The predicted molar refractivity (Wildman–Crippen MR) is 60.4 cm³/mol. The van der Waals surface area contributed by atoms with Crippen LogP contribution in [0.25, 0.3) is 0 Å². The Morgan fingerprint density at radius 1 is 1.50 bits per heavy atom. The first-order valence-corrected chi connectivity index (χ1v) is 5.67. The van der Waals surface area contributed by atoms with E-state index in [-0.39, 0.29) is 5.56 Å². The molecule has 0 unspecified atom stereocenters. The zero-order valence-electron chi connectivity index (χ0n) is 7.62. The second-order valence-electron chi connectivity index (χ2n) is 3.33. The monoisotopic (exact) mass is 306 g/mol. The summed E-state index contributed by atoms with van der Waals surface area (Å²) in [6.07, 6.45) is 3.53. The largest absolute Gasteiger partial charge is 0.381 e. The van der Waals surface area contributed by atoms with Crippen LogP contribution in [0.4, 0.5) is 0 Å². The average molecular weight is 306 g/mol. The maximum Gasteiger partial charge on any atom is 0.264 e. The molecular weight excluding hydrogens is 295 g/mol. The summed E-state index contributed by atoms with van der Waals surface area (Å²) in [6.45, 7) is 1.53. The van der Waals surface area contributed by atoms with Crippen molar-refractivity contribution in [3.05, 3.63) is 25.9 Å². The van der Waals surface area contributed by atoms with Crippen LogP contribution in [-0.4, -0.2) is 23.2 Å². The zero-order chi connectivity index (χ0) is 9.97. The van der Waals surface area contributed by atoms with Gasteiger partial charge in [-0.3, -0.25) is 4.79 Å². The molecule has 0 saturated carbocycles. The number of hydrogen-bond acceptors (Lipinski definition) is 3. The fraction of sp³-hybridized carbons (Fsp3) is 0.556. The molecule has 1 aliphatic heterocycles. The lowest BCUT2D eigenvalue weighted by atomic mass is 10.00. The number of hydrogen-bond donors (Lipinski definition) is 1. The van der Waals surface area contributed by atoms with Gasteiger partial charge in [0, 0.05) is 25.3 Å². The molecule has 0 radical (unpaired) electrons. The summed E-state index contributed by atoms with van der Waals surface area (Å²) in [7, 11) is 0. The lowest BCUT2D eigenvalue weighted by molar-refractivity contribution is 0.0835. The minimum Gasteiger partial charge on any atom is -0.381 e. The van der Waals surface area contributed by atoms with Crippen molar-refractivity contribution >= 4 is 22.6 Å². The molecule has 0 amide bonds. The van der Waals surface area contributed by atoms with E-state index in [1.165, 1.54) is 0 Å². The van der Waals surface area contributed by atoms with E-state index in [0.717, 1.165) is 31.9 Å². The van der Waals surface area contributed by atoms with Gasteiger partial charge < -0.3 is 9.72 Å². The molecule has 14 heavy (non-hydrogen) atoms. The summed E-state index contributed by atoms with van der Waals surface area (Å²) in [4.78, 5) is 18.4. The van der Waals surface area contributed by atoms with E-state index in [1.807, 2.05) is 22.6 Å². The summed E-state index contributed by atoms with van der Waals surface area (Å²) >= 11 is 1.98. The van der Waals surface area contributed by atoms with E-state index in [9.17, 15) is 4.79 Å². The number of nitrogens with one attached hydrogen (secondary N) is 1. The highest BCUT2D eigenvalue weighted by Crippen LogP contribution is 2.22. The van der Waals surface area contributed by atoms with Gasteiger partial charge in [-0.1, -0.05) is 0 Å². The van der Waals surface area contributed by atoms with Crippen LogP contribution in [0.15, 0.2) is 11.0 Å². The number of nitrogens with zero attached hydrogens (tertiary/aromatic N) is 1. The third-order valence-corrected chi connectivity index (χ3v) is 3.15. The number of halogens is 1. The summed E-state index contributed by atoms with van der Waals surface area (Å²) in [5, 5.41) is 0. The van der Waals surface area contributed by atoms with Crippen LogP contribution in [0.5, 0.6) is 0 Å². The Hall–Kier alpha value is -0.430. The van der Waals surface area contributed by atoms with E-state index in [0.29, 0.717) is 9.49 Å². The molecule has 0 aromatic carbocycles. The standard InChI is InChI=1S/C9H11IN2O2/c10-7-5-11-8(12-9(7)13)6-1-3-14-4-2-6/h5-6H,1-4H2,(H,11,12,13). The molecule has 0 spiro atoms. The van der Waals surface area contributed by atoms with Crippen molar-refractivity contribution in [1.29, 1.82) is 0 Å². The minimum atomic E-state index is -0.0397. The van der Waals surface area contributed by atoms with Crippen molar-refractivity contribution in [3.63, 3.8) is 0 Å². The van der Waals surface area contributed by atoms with Gasteiger partial charge in [-0.2, -0.15) is 0 Å². The van der Waals surface area contributed by atoms with Gasteiger partial charge in [-0.05, 0) is 35.4 Å². The van der Waals surface area contributed by atoms with E-state index in [1.54, 1.807) is 6.20 Å². The average Bonchev–Trinajstić information content (AvgIpc) is 2.23. The van der Waals surface area contributed by atoms with Crippen molar-refractivity contribution in [1.82, 2.24) is 9.97 Å². The maximum atomic E-state index is 11.3. The van der Waals surface area contributed by atoms with Crippen molar-refractivity contribution < 1.29 is 4.74 Å². The van der Waals surface area contributed by atoms with Crippen LogP contribution in [0.1, 0.15) is 24.6 Å². The number of H-pyrrole nitrogens is 1. The quantitative estimate of drug-likeness (QED) is 0.795. The highest BCUT2D eigenvalue weighted by molar-refractivity contribution is 14.1. The first-order chi connectivity index (χ1) is 6.77. The first kappa shape index (κ1) is 10.1. The molecule has 76 valence electrons. The van der Waals surface area contributed by atoms with Crippen LogP contribution in [-0.2, 0) is 4.74 Å². The highest BCUT2D eigenvalue weighted by Gasteiger charge is 2.18. The summed E-state index contributed by atoms with van der Waals surface area (Å²) in [5.74, 6) is 1.16. The summed E-state index contributed by atoms with van der Waals surface area (Å²) in [6, 6.07) is 0. The molecule has 2 heterocycles. The number of rotatable bonds is 1. The second-order valence-corrected chi connectivity index (χ2v) is 4.49. The van der Waals surface area contributed by atoms with Crippen LogP contribution >= 0.6 is 22.6 Å². The van der Waals surface area contributed by atoms with Crippen molar-refractivity contribution in [2.75, 3.05) is 13.2 Å². The third kappa shape index (κ3) is 2.14. The Bertz CT molecular complexity index is 371. The van der Waals surface area contributed by atoms with Gasteiger partial charge in [-0.25, -0.2) is 4.98 Å².